The highest BCUT2D eigenvalue weighted by Crippen LogP contribution is 2.36. The second kappa shape index (κ2) is 4.12. The summed E-state index contributed by atoms with van der Waals surface area (Å²) in [6.45, 7) is 5.38. The molecule has 94 valence electrons. The molecule has 17 heavy (non-hydrogen) atoms. The van der Waals surface area contributed by atoms with Crippen molar-refractivity contribution in [1.29, 1.82) is 0 Å². The first kappa shape index (κ1) is 12.6. The topological polar surface area (TPSA) is 46.6 Å². The predicted molar refractivity (Wildman–Crippen MR) is 66.9 cm³/mol. The summed E-state index contributed by atoms with van der Waals surface area (Å²) in [4.78, 5) is 25.4. The van der Waals surface area contributed by atoms with Crippen LogP contribution in [0.1, 0.15) is 33.6 Å². The fraction of sp³-hybridized carbons (Fsp3) is 0.667. The summed E-state index contributed by atoms with van der Waals surface area (Å²) in [6.07, 6.45) is 2.78. The van der Waals surface area contributed by atoms with Crippen molar-refractivity contribution in [1.82, 2.24) is 4.90 Å². The highest BCUT2D eigenvalue weighted by atomic mass is 79.9. The van der Waals surface area contributed by atoms with Crippen LogP contribution < -0.4 is 0 Å². The van der Waals surface area contributed by atoms with Crippen molar-refractivity contribution in [3.8, 4) is 0 Å². The molecule has 1 saturated heterocycles. The molecule has 4 nitrogen and oxygen atoms in total. The van der Waals surface area contributed by atoms with Gasteiger partial charge < -0.3 is 4.74 Å². The highest BCUT2D eigenvalue weighted by Gasteiger charge is 2.46. The Morgan fingerprint density at radius 3 is 2.76 bits per heavy atom. The monoisotopic (exact) mass is 301 g/mol. The van der Waals surface area contributed by atoms with E-state index >= 15 is 0 Å². The molecule has 0 aromatic carbocycles. The number of imide groups is 1. The van der Waals surface area contributed by atoms with Gasteiger partial charge in [-0.25, -0.2) is 9.69 Å². The van der Waals surface area contributed by atoms with Crippen LogP contribution in [-0.2, 0) is 9.53 Å². The Bertz CT molecular complexity index is 397. The van der Waals surface area contributed by atoms with Crippen LogP contribution >= 0.6 is 15.9 Å². The van der Waals surface area contributed by atoms with Gasteiger partial charge in [-0.15, -0.1) is 0 Å². The number of carbonyl (C=O) groups excluding carboxylic acids is 2. The summed E-state index contributed by atoms with van der Waals surface area (Å²) in [5.74, 6) is -0.203. The zero-order valence-electron chi connectivity index (χ0n) is 10.2. The molecule has 0 spiro atoms. The summed E-state index contributed by atoms with van der Waals surface area (Å²) in [6, 6.07) is -0.0997. The smallest absolute Gasteiger partial charge is 0.417 e. The minimum absolute atomic E-state index is 0.0997. The average Bonchev–Trinajstić information content (AvgIpc) is 2.44. The lowest BCUT2D eigenvalue weighted by molar-refractivity contribution is -0.125. The molecule has 0 N–H and O–H groups in total. The second-order valence-electron chi connectivity index (χ2n) is 5.41. The first-order chi connectivity index (χ1) is 7.79. The normalized spacial score (nSPS) is 28.1. The van der Waals surface area contributed by atoms with Crippen LogP contribution in [0.5, 0.6) is 0 Å². The number of fused-ring (bicyclic) bond motifs is 2. The molecule has 2 bridgehead atoms. The van der Waals surface area contributed by atoms with Crippen molar-refractivity contribution in [2.24, 2.45) is 0 Å². The maximum absolute atomic E-state index is 12.0. The molecule has 1 aliphatic carbocycles. The molecule has 0 saturated carbocycles. The fourth-order valence-electron chi connectivity index (χ4n) is 2.11. The summed E-state index contributed by atoms with van der Waals surface area (Å²) < 4.78 is 5.27. The largest absolute Gasteiger partial charge is 0.443 e. The zero-order chi connectivity index (χ0) is 12.8. The van der Waals surface area contributed by atoms with Crippen LogP contribution in [0.15, 0.2) is 11.6 Å². The van der Waals surface area contributed by atoms with Gasteiger partial charge in [0.25, 0.3) is 5.91 Å². The Kier molecular flexibility index (Phi) is 3.06. The first-order valence-electron chi connectivity index (χ1n) is 5.69. The molecule has 1 fully saturated rings. The molecule has 2 rings (SSSR count). The van der Waals surface area contributed by atoms with Gasteiger partial charge >= 0.3 is 6.09 Å². The Morgan fingerprint density at radius 1 is 1.53 bits per heavy atom. The van der Waals surface area contributed by atoms with Gasteiger partial charge in [0, 0.05) is 10.4 Å². The molecule has 1 aliphatic heterocycles. The molecule has 2 atom stereocenters. The van der Waals surface area contributed by atoms with E-state index in [2.05, 4.69) is 15.9 Å². The van der Waals surface area contributed by atoms with Crippen LogP contribution in [0.4, 0.5) is 4.79 Å². The van der Waals surface area contributed by atoms with Gasteiger partial charge in [0.05, 0.1) is 6.04 Å². The molecular formula is C12H16BrNO3. The van der Waals surface area contributed by atoms with Crippen molar-refractivity contribution >= 4 is 27.9 Å². The first-order valence-corrected chi connectivity index (χ1v) is 6.61. The van der Waals surface area contributed by atoms with Gasteiger partial charge in [-0.05, 0) is 33.6 Å². The van der Waals surface area contributed by atoms with Gasteiger partial charge in [0.1, 0.15) is 5.60 Å². The Morgan fingerprint density at radius 2 is 2.18 bits per heavy atom. The van der Waals surface area contributed by atoms with E-state index in [4.69, 9.17) is 4.74 Å². The van der Waals surface area contributed by atoms with Crippen molar-refractivity contribution in [3.05, 3.63) is 11.6 Å². The maximum atomic E-state index is 12.0. The van der Waals surface area contributed by atoms with E-state index in [1.807, 2.05) is 6.08 Å². The third-order valence-corrected chi connectivity index (χ3v) is 3.84. The van der Waals surface area contributed by atoms with Gasteiger partial charge in [-0.1, -0.05) is 22.0 Å². The standard InChI is InChI=1S/C12H16BrNO3/c1-12(2,3)17-11(16)14-9-6-7(10(14)15)4-5-8(9)13/h4,8-9H,5-6H2,1-3H3/t8?,9-/m0/s1. The average molecular weight is 302 g/mol. The van der Waals surface area contributed by atoms with E-state index < -0.39 is 11.7 Å². The van der Waals surface area contributed by atoms with Crippen LogP contribution in [0.2, 0.25) is 0 Å². The number of likely N-dealkylation sites (tertiary alicyclic amines) is 1. The number of allylic oxidation sites excluding steroid dienone is 1. The van der Waals surface area contributed by atoms with E-state index in [1.165, 1.54) is 4.90 Å². The fourth-order valence-corrected chi connectivity index (χ4v) is 2.72. The lowest BCUT2D eigenvalue weighted by Gasteiger charge is -2.28. The number of hydrogen-bond acceptors (Lipinski definition) is 3. The summed E-state index contributed by atoms with van der Waals surface area (Å²) in [5.41, 5.74) is 0.154. The quantitative estimate of drug-likeness (QED) is 0.646. The number of ether oxygens (including phenoxy) is 1. The highest BCUT2D eigenvalue weighted by molar-refractivity contribution is 9.09. The Labute approximate surface area is 109 Å². The van der Waals surface area contributed by atoms with Gasteiger partial charge in [0.15, 0.2) is 0 Å². The molecule has 0 aromatic rings. The number of amides is 2. The number of alkyl halides is 1. The molecule has 0 radical (unpaired) electrons. The molecular weight excluding hydrogens is 286 g/mol. The molecule has 1 heterocycles. The van der Waals surface area contributed by atoms with Crippen molar-refractivity contribution in [2.75, 3.05) is 0 Å². The van der Waals surface area contributed by atoms with Crippen LogP contribution in [0.25, 0.3) is 0 Å². The predicted octanol–water partition coefficient (Wildman–Crippen LogP) is 2.62. The second-order valence-corrected chi connectivity index (χ2v) is 6.58. The van der Waals surface area contributed by atoms with Gasteiger partial charge in [-0.2, -0.15) is 0 Å². The lowest BCUT2D eigenvalue weighted by atomic mass is 9.99. The minimum atomic E-state index is -0.579. The number of halogens is 1. The molecule has 2 aliphatic rings. The van der Waals surface area contributed by atoms with Crippen molar-refractivity contribution < 1.29 is 14.3 Å². The molecule has 2 amide bonds. The van der Waals surface area contributed by atoms with E-state index in [1.54, 1.807) is 20.8 Å². The zero-order valence-corrected chi connectivity index (χ0v) is 11.8. The number of hydrogen-bond donors (Lipinski definition) is 0. The lowest BCUT2D eigenvalue weighted by Crippen LogP contribution is -2.45. The van der Waals surface area contributed by atoms with E-state index in [0.29, 0.717) is 6.42 Å². The van der Waals surface area contributed by atoms with Crippen molar-refractivity contribution in [3.63, 3.8) is 0 Å². The Hall–Kier alpha value is -0.840. The minimum Gasteiger partial charge on any atom is -0.443 e. The summed E-state index contributed by atoms with van der Waals surface area (Å²) >= 11 is 3.51. The summed E-state index contributed by atoms with van der Waals surface area (Å²) in [5, 5.41) is 0. The van der Waals surface area contributed by atoms with Gasteiger partial charge in [-0.3, -0.25) is 4.79 Å². The number of nitrogens with zero attached hydrogens (tertiary/aromatic N) is 1. The van der Waals surface area contributed by atoms with Gasteiger partial charge in [0.2, 0.25) is 0 Å². The van der Waals surface area contributed by atoms with Crippen LogP contribution in [-0.4, -0.2) is 33.4 Å². The van der Waals surface area contributed by atoms with E-state index in [9.17, 15) is 9.59 Å². The van der Waals surface area contributed by atoms with E-state index in [0.717, 1.165) is 12.0 Å². The third-order valence-electron chi connectivity index (χ3n) is 2.85. The number of rotatable bonds is 0. The van der Waals surface area contributed by atoms with Crippen molar-refractivity contribution in [2.45, 2.75) is 50.1 Å². The maximum Gasteiger partial charge on any atom is 0.417 e. The summed E-state index contributed by atoms with van der Waals surface area (Å²) in [7, 11) is 0. The number of carbonyl (C=O) groups is 2. The van der Waals surface area contributed by atoms with Crippen LogP contribution in [0, 0.1) is 0 Å². The third kappa shape index (κ3) is 2.39. The molecule has 5 heteroatoms. The van der Waals surface area contributed by atoms with E-state index in [-0.39, 0.29) is 16.8 Å². The molecule has 0 aromatic heterocycles. The Balaban J connectivity index is 2.19. The SMILES string of the molecule is CC(C)(C)OC(=O)N1C(=O)C2=CCC(Br)[C@@H]1C2. The van der Waals surface area contributed by atoms with Crippen LogP contribution in [0.3, 0.4) is 0 Å². The molecule has 1 unspecified atom stereocenters.